The van der Waals surface area contributed by atoms with Crippen molar-refractivity contribution in [2.45, 2.75) is 64.4 Å². The summed E-state index contributed by atoms with van der Waals surface area (Å²) in [6, 6.07) is 0. The van der Waals surface area contributed by atoms with Crippen LogP contribution in [0.25, 0.3) is 0 Å². The van der Waals surface area contributed by atoms with Gasteiger partial charge in [-0.05, 0) is 39.0 Å². The summed E-state index contributed by atoms with van der Waals surface area (Å²) in [6.45, 7) is 3.72. The molecule has 0 aliphatic heterocycles. The van der Waals surface area contributed by atoms with Gasteiger partial charge in [0.2, 0.25) is 0 Å². The lowest BCUT2D eigenvalue weighted by Crippen LogP contribution is -2.19. The van der Waals surface area contributed by atoms with Crippen LogP contribution in [-0.4, -0.2) is 16.5 Å². The van der Waals surface area contributed by atoms with Gasteiger partial charge < -0.3 is 5.11 Å². The van der Waals surface area contributed by atoms with E-state index in [1.165, 1.54) is 6.42 Å². The first-order valence-corrected chi connectivity index (χ1v) is 5.71. The fourth-order valence-corrected chi connectivity index (χ4v) is 2.11. The number of carbonyl (C=O) groups excluding carboxylic acids is 1. The van der Waals surface area contributed by atoms with Gasteiger partial charge in [0.05, 0.1) is 5.60 Å². The SMILES string of the molecule is CC(C)(O)CCCC1CCC(=O)CC1. The molecule has 0 bridgehead atoms. The summed E-state index contributed by atoms with van der Waals surface area (Å²) in [5, 5.41) is 9.54. The van der Waals surface area contributed by atoms with Crippen molar-refractivity contribution in [3.63, 3.8) is 0 Å². The highest BCUT2D eigenvalue weighted by Crippen LogP contribution is 2.27. The summed E-state index contributed by atoms with van der Waals surface area (Å²) in [5.41, 5.74) is -0.523. The molecule has 1 fully saturated rings. The molecule has 1 N–H and O–H groups in total. The fraction of sp³-hybridized carbons (Fsp3) is 0.917. The van der Waals surface area contributed by atoms with Crippen molar-refractivity contribution in [2.75, 3.05) is 0 Å². The lowest BCUT2D eigenvalue weighted by Gasteiger charge is -2.22. The van der Waals surface area contributed by atoms with Crippen LogP contribution in [0.15, 0.2) is 0 Å². The predicted octanol–water partition coefficient (Wildman–Crippen LogP) is 2.69. The van der Waals surface area contributed by atoms with Crippen molar-refractivity contribution in [1.82, 2.24) is 0 Å². The lowest BCUT2D eigenvalue weighted by atomic mass is 9.84. The molecule has 0 aromatic rings. The van der Waals surface area contributed by atoms with Gasteiger partial charge in [-0.3, -0.25) is 4.79 Å². The highest BCUT2D eigenvalue weighted by molar-refractivity contribution is 5.78. The summed E-state index contributed by atoms with van der Waals surface area (Å²) in [4.78, 5) is 11.0. The van der Waals surface area contributed by atoms with Crippen LogP contribution in [0.2, 0.25) is 0 Å². The highest BCUT2D eigenvalue weighted by atomic mass is 16.3. The second kappa shape index (κ2) is 4.92. The Morgan fingerprint density at radius 1 is 1.36 bits per heavy atom. The maximum atomic E-state index is 11.0. The van der Waals surface area contributed by atoms with Gasteiger partial charge in [-0.25, -0.2) is 0 Å². The zero-order valence-corrected chi connectivity index (χ0v) is 9.38. The number of hydrogen-bond donors (Lipinski definition) is 1. The summed E-state index contributed by atoms with van der Waals surface area (Å²) in [6.07, 6.45) is 6.85. The minimum absolute atomic E-state index is 0.434. The first kappa shape index (κ1) is 11.7. The number of rotatable bonds is 4. The molecular formula is C12H22O2. The topological polar surface area (TPSA) is 37.3 Å². The van der Waals surface area contributed by atoms with Crippen molar-refractivity contribution < 1.29 is 9.90 Å². The van der Waals surface area contributed by atoms with Gasteiger partial charge in [0.1, 0.15) is 5.78 Å². The Hall–Kier alpha value is -0.370. The third-order valence-corrected chi connectivity index (χ3v) is 3.06. The number of hydrogen-bond acceptors (Lipinski definition) is 2. The Bertz CT molecular complexity index is 181. The summed E-state index contributed by atoms with van der Waals surface area (Å²) >= 11 is 0. The zero-order valence-electron chi connectivity index (χ0n) is 9.38. The van der Waals surface area contributed by atoms with Crippen molar-refractivity contribution in [3.8, 4) is 0 Å². The van der Waals surface area contributed by atoms with Gasteiger partial charge in [0.15, 0.2) is 0 Å². The Morgan fingerprint density at radius 2 is 1.93 bits per heavy atom. The highest BCUT2D eigenvalue weighted by Gasteiger charge is 2.19. The lowest BCUT2D eigenvalue weighted by molar-refractivity contribution is -0.121. The van der Waals surface area contributed by atoms with Gasteiger partial charge in [0, 0.05) is 12.8 Å². The van der Waals surface area contributed by atoms with Crippen LogP contribution in [0.1, 0.15) is 58.8 Å². The first-order valence-electron chi connectivity index (χ1n) is 5.71. The maximum absolute atomic E-state index is 11.0. The third kappa shape index (κ3) is 4.75. The monoisotopic (exact) mass is 198 g/mol. The minimum atomic E-state index is -0.523. The van der Waals surface area contributed by atoms with Crippen LogP contribution in [0, 0.1) is 5.92 Å². The zero-order chi connectivity index (χ0) is 10.6. The van der Waals surface area contributed by atoms with E-state index in [0.717, 1.165) is 44.4 Å². The standard InChI is InChI=1S/C12H22O2/c1-12(2,14)9-3-4-10-5-7-11(13)8-6-10/h10,14H,3-9H2,1-2H3. The molecule has 0 amide bonds. The van der Waals surface area contributed by atoms with E-state index in [1.807, 2.05) is 13.8 Å². The van der Waals surface area contributed by atoms with Gasteiger partial charge in [-0.1, -0.05) is 12.8 Å². The molecule has 0 heterocycles. The predicted molar refractivity (Wildman–Crippen MR) is 57.1 cm³/mol. The smallest absolute Gasteiger partial charge is 0.132 e. The number of carbonyl (C=O) groups is 1. The van der Waals surface area contributed by atoms with Crippen LogP contribution < -0.4 is 0 Å². The maximum Gasteiger partial charge on any atom is 0.132 e. The minimum Gasteiger partial charge on any atom is -0.390 e. The van der Waals surface area contributed by atoms with Gasteiger partial charge in [0.25, 0.3) is 0 Å². The van der Waals surface area contributed by atoms with E-state index < -0.39 is 5.60 Å². The van der Waals surface area contributed by atoms with E-state index in [0.29, 0.717) is 5.78 Å². The fourth-order valence-electron chi connectivity index (χ4n) is 2.11. The molecule has 2 nitrogen and oxygen atoms in total. The molecule has 0 spiro atoms. The van der Waals surface area contributed by atoms with E-state index >= 15 is 0 Å². The molecule has 0 atom stereocenters. The third-order valence-electron chi connectivity index (χ3n) is 3.06. The van der Waals surface area contributed by atoms with E-state index in [1.54, 1.807) is 0 Å². The van der Waals surface area contributed by atoms with Crippen molar-refractivity contribution in [1.29, 1.82) is 0 Å². The van der Waals surface area contributed by atoms with E-state index in [-0.39, 0.29) is 0 Å². The second-order valence-electron chi connectivity index (χ2n) is 5.19. The van der Waals surface area contributed by atoms with Crippen molar-refractivity contribution >= 4 is 5.78 Å². The molecule has 1 aliphatic rings. The average Bonchev–Trinajstić information content (AvgIpc) is 2.06. The second-order valence-corrected chi connectivity index (χ2v) is 5.19. The first-order chi connectivity index (χ1) is 6.47. The molecule has 0 saturated heterocycles. The molecule has 14 heavy (non-hydrogen) atoms. The molecule has 1 saturated carbocycles. The molecule has 1 rings (SSSR count). The molecular weight excluding hydrogens is 176 g/mol. The summed E-state index contributed by atoms with van der Waals surface area (Å²) in [7, 11) is 0. The Morgan fingerprint density at radius 3 is 2.43 bits per heavy atom. The molecule has 1 aliphatic carbocycles. The Balaban J connectivity index is 2.10. The summed E-state index contributed by atoms with van der Waals surface area (Å²) < 4.78 is 0. The van der Waals surface area contributed by atoms with E-state index in [2.05, 4.69) is 0 Å². The molecule has 2 heteroatoms. The van der Waals surface area contributed by atoms with Crippen LogP contribution in [0.3, 0.4) is 0 Å². The number of aliphatic hydroxyl groups is 1. The van der Waals surface area contributed by atoms with Crippen molar-refractivity contribution in [2.24, 2.45) is 5.92 Å². The summed E-state index contributed by atoms with van der Waals surface area (Å²) in [5.74, 6) is 1.17. The molecule has 82 valence electrons. The van der Waals surface area contributed by atoms with E-state index in [4.69, 9.17) is 0 Å². The van der Waals surface area contributed by atoms with E-state index in [9.17, 15) is 9.90 Å². The quantitative estimate of drug-likeness (QED) is 0.754. The molecule has 0 aromatic carbocycles. The largest absolute Gasteiger partial charge is 0.390 e. The van der Waals surface area contributed by atoms with Gasteiger partial charge in [-0.2, -0.15) is 0 Å². The van der Waals surface area contributed by atoms with Crippen LogP contribution in [0.5, 0.6) is 0 Å². The Labute approximate surface area is 86.7 Å². The van der Waals surface area contributed by atoms with Gasteiger partial charge in [-0.15, -0.1) is 0 Å². The Kier molecular flexibility index (Phi) is 4.11. The van der Waals surface area contributed by atoms with Crippen LogP contribution in [0.4, 0.5) is 0 Å². The van der Waals surface area contributed by atoms with Crippen LogP contribution in [-0.2, 0) is 4.79 Å². The van der Waals surface area contributed by atoms with Crippen LogP contribution >= 0.6 is 0 Å². The average molecular weight is 198 g/mol. The van der Waals surface area contributed by atoms with Gasteiger partial charge >= 0.3 is 0 Å². The number of Topliss-reactive ketones (excluding diaryl/α,β-unsaturated/α-hetero) is 1. The molecule has 0 unspecified atom stereocenters. The molecule has 0 radical (unpaired) electrons. The molecule has 0 aromatic heterocycles. The van der Waals surface area contributed by atoms with Crippen molar-refractivity contribution in [3.05, 3.63) is 0 Å². The normalized spacial score (nSPS) is 20.1. The number of ketones is 1.